The number of nitro benzene ring substituents is 1. The van der Waals surface area contributed by atoms with E-state index in [1.165, 1.54) is 0 Å². The van der Waals surface area contributed by atoms with Gasteiger partial charge < -0.3 is 5.73 Å². The molecule has 82 valence electrons. The van der Waals surface area contributed by atoms with E-state index in [4.69, 9.17) is 11.0 Å². The second-order valence-corrected chi connectivity index (χ2v) is 3.44. The van der Waals surface area contributed by atoms with Crippen LogP contribution in [-0.2, 0) is 0 Å². The van der Waals surface area contributed by atoms with Gasteiger partial charge in [0.1, 0.15) is 11.8 Å². The van der Waals surface area contributed by atoms with E-state index in [1.807, 2.05) is 0 Å². The largest absolute Gasteiger partial charge is 0.393 e. The number of ketones is 1. The van der Waals surface area contributed by atoms with Gasteiger partial charge in [-0.05, 0) is 6.07 Å². The van der Waals surface area contributed by atoms with Gasteiger partial charge in [-0.15, -0.1) is 0 Å². The third-order valence-electron chi connectivity index (χ3n) is 1.91. The average Bonchev–Trinajstić information content (AvgIpc) is 2.27. The Morgan fingerprint density at radius 2 is 2.25 bits per heavy atom. The number of Topliss-reactive ketones (excluding diaryl/α,β-unsaturated/α-hetero) is 1. The molecule has 0 unspecified atom stereocenters. The van der Waals surface area contributed by atoms with Crippen LogP contribution in [0.4, 0.5) is 11.4 Å². The first kappa shape index (κ1) is 12.1. The number of nitro groups is 1. The van der Waals surface area contributed by atoms with Crippen LogP contribution in [0, 0.1) is 21.4 Å². The molecule has 1 aromatic carbocycles. The fourth-order valence-corrected chi connectivity index (χ4v) is 1.46. The van der Waals surface area contributed by atoms with Crippen molar-refractivity contribution >= 4 is 33.1 Å². The SMILES string of the molecule is N#Cc1cc([N+](=O)[O-])c(N)cc1C(=O)CBr. The molecule has 0 fully saturated rings. The zero-order chi connectivity index (χ0) is 12.3. The number of nitrogen functional groups attached to an aromatic ring is 1. The first-order valence-electron chi connectivity index (χ1n) is 4.08. The molecule has 0 heterocycles. The van der Waals surface area contributed by atoms with Crippen molar-refractivity contribution in [2.75, 3.05) is 11.1 Å². The van der Waals surface area contributed by atoms with E-state index in [1.54, 1.807) is 6.07 Å². The number of carbonyl (C=O) groups excluding carboxylic acids is 1. The zero-order valence-electron chi connectivity index (χ0n) is 7.94. The van der Waals surface area contributed by atoms with Crippen LogP contribution in [-0.4, -0.2) is 16.0 Å². The predicted molar refractivity (Wildman–Crippen MR) is 60.3 cm³/mol. The lowest BCUT2D eigenvalue weighted by Gasteiger charge is -2.03. The van der Waals surface area contributed by atoms with Crippen molar-refractivity contribution in [3.05, 3.63) is 33.4 Å². The second kappa shape index (κ2) is 4.72. The zero-order valence-corrected chi connectivity index (χ0v) is 9.52. The summed E-state index contributed by atoms with van der Waals surface area (Å²) in [6.07, 6.45) is 0. The van der Waals surface area contributed by atoms with E-state index >= 15 is 0 Å². The highest BCUT2D eigenvalue weighted by Crippen LogP contribution is 2.26. The number of hydrogen-bond acceptors (Lipinski definition) is 5. The highest BCUT2D eigenvalue weighted by molar-refractivity contribution is 9.09. The minimum absolute atomic E-state index is 0.0267. The van der Waals surface area contributed by atoms with Crippen molar-refractivity contribution < 1.29 is 9.72 Å². The fourth-order valence-electron chi connectivity index (χ4n) is 1.16. The highest BCUT2D eigenvalue weighted by Gasteiger charge is 2.19. The summed E-state index contributed by atoms with van der Waals surface area (Å²) in [5, 5.41) is 19.4. The number of halogens is 1. The normalized spacial score (nSPS) is 9.50. The van der Waals surface area contributed by atoms with Gasteiger partial charge in [0.05, 0.1) is 15.8 Å². The summed E-state index contributed by atoms with van der Waals surface area (Å²) in [7, 11) is 0. The fraction of sp³-hybridized carbons (Fsp3) is 0.111. The van der Waals surface area contributed by atoms with Crippen molar-refractivity contribution in [2.24, 2.45) is 0 Å². The number of nitrogens with two attached hydrogens (primary N) is 1. The molecule has 2 N–H and O–H groups in total. The van der Waals surface area contributed by atoms with Gasteiger partial charge in [0.2, 0.25) is 0 Å². The summed E-state index contributed by atoms with van der Waals surface area (Å²) < 4.78 is 0. The minimum atomic E-state index is -0.696. The quantitative estimate of drug-likeness (QED) is 0.298. The molecule has 0 aliphatic carbocycles. The summed E-state index contributed by atoms with van der Waals surface area (Å²) in [6.45, 7) is 0. The summed E-state index contributed by atoms with van der Waals surface area (Å²) in [6, 6.07) is 3.89. The van der Waals surface area contributed by atoms with Gasteiger partial charge in [-0.3, -0.25) is 14.9 Å². The molecular formula is C9H6BrN3O3. The third kappa shape index (κ3) is 2.17. The molecule has 0 saturated heterocycles. The van der Waals surface area contributed by atoms with Crippen LogP contribution in [0.15, 0.2) is 12.1 Å². The van der Waals surface area contributed by atoms with E-state index in [0.717, 1.165) is 12.1 Å². The van der Waals surface area contributed by atoms with Crippen molar-refractivity contribution in [1.29, 1.82) is 5.26 Å². The molecule has 0 radical (unpaired) electrons. The molecule has 7 heteroatoms. The molecule has 0 atom stereocenters. The highest BCUT2D eigenvalue weighted by atomic mass is 79.9. The number of benzene rings is 1. The number of carbonyl (C=O) groups is 1. The van der Waals surface area contributed by atoms with Crippen LogP contribution >= 0.6 is 15.9 Å². The Morgan fingerprint density at radius 1 is 1.62 bits per heavy atom. The molecule has 0 aliphatic heterocycles. The average molecular weight is 284 g/mol. The first-order valence-corrected chi connectivity index (χ1v) is 5.20. The van der Waals surface area contributed by atoms with E-state index in [0.29, 0.717) is 0 Å². The van der Waals surface area contributed by atoms with Crippen LogP contribution in [0.5, 0.6) is 0 Å². The van der Waals surface area contributed by atoms with Crippen LogP contribution in [0.3, 0.4) is 0 Å². The smallest absolute Gasteiger partial charge is 0.293 e. The van der Waals surface area contributed by atoms with Gasteiger partial charge in [-0.1, -0.05) is 15.9 Å². The van der Waals surface area contributed by atoms with Crippen molar-refractivity contribution in [3.8, 4) is 6.07 Å². The number of alkyl halides is 1. The maximum Gasteiger partial charge on any atom is 0.293 e. The monoisotopic (exact) mass is 283 g/mol. The lowest BCUT2D eigenvalue weighted by molar-refractivity contribution is -0.383. The summed E-state index contributed by atoms with van der Waals surface area (Å²) in [5.41, 5.74) is 4.95. The third-order valence-corrected chi connectivity index (χ3v) is 2.42. The Labute approximate surface area is 98.9 Å². The Balaban J connectivity index is 3.45. The predicted octanol–water partition coefficient (Wildman–Crippen LogP) is 1.63. The van der Waals surface area contributed by atoms with Crippen LogP contribution < -0.4 is 5.73 Å². The van der Waals surface area contributed by atoms with Crippen molar-refractivity contribution in [2.45, 2.75) is 0 Å². The van der Waals surface area contributed by atoms with Crippen LogP contribution in [0.1, 0.15) is 15.9 Å². The minimum Gasteiger partial charge on any atom is -0.393 e. The Morgan fingerprint density at radius 3 is 2.69 bits per heavy atom. The van der Waals surface area contributed by atoms with Crippen molar-refractivity contribution in [1.82, 2.24) is 0 Å². The Kier molecular flexibility index (Phi) is 3.58. The number of hydrogen-bond donors (Lipinski definition) is 1. The van der Waals surface area contributed by atoms with E-state index in [2.05, 4.69) is 15.9 Å². The first-order chi connectivity index (χ1) is 7.51. The van der Waals surface area contributed by atoms with Gasteiger partial charge in [0, 0.05) is 11.6 Å². The molecule has 0 spiro atoms. The molecule has 16 heavy (non-hydrogen) atoms. The van der Waals surface area contributed by atoms with E-state index in [9.17, 15) is 14.9 Å². The molecule has 0 amide bonds. The number of anilines is 1. The second-order valence-electron chi connectivity index (χ2n) is 2.88. The van der Waals surface area contributed by atoms with E-state index < -0.39 is 4.92 Å². The molecule has 0 aliphatic rings. The topological polar surface area (TPSA) is 110 Å². The lowest BCUT2D eigenvalue weighted by Crippen LogP contribution is -2.06. The van der Waals surface area contributed by atoms with Gasteiger partial charge in [0.25, 0.3) is 5.69 Å². The molecular weight excluding hydrogens is 278 g/mol. The number of nitriles is 1. The molecule has 0 bridgehead atoms. The molecule has 0 saturated carbocycles. The molecule has 1 rings (SSSR count). The van der Waals surface area contributed by atoms with Crippen molar-refractivity contribution in [3.63, 3.8) is 0 Å². The van der Waals surface area contributed by atoms with Gasteiger partial charge >= 0.3 is 0 Å². The standard InChI is InChI=1S/C9H6BrN3O3/c10-3-9(14)6-2-7(12)8(13(15)16)1-5(6)4-11/h1-2H,3,12H2. The van der Waals surface area contributed by atoms with Gasteiger partial charge in [-0.2, -0.15) is 5.26 Å². The number of rotatable bonds is 3. The number of nitrogens with zero attached hydrogens (tertiary/aromatic N) is 2. The van der Waals surface area contributed by atoms with Crippen LogP contribution in [0.2, 0.25) is 0 Å². The summed E-state index contributed by atoms with van der Waals surface area (Å²) in [4.78, 5) is 21.3. The maximum atomic E-state index is 11.4. The summed E-state index contributed by atoms with van der Waals surface area (Å²) in [5.74, 6) is -0.349. The molecule has 6 nitrogen and oxygen atoms in total. The van der Waals surface area contributed by atoms with Crippen LogP contribution in [0.25, 0.3) is 0 Å². The Bertz CT molecular complexity index is 507. The molecule has 1 aromatic rings. The van der Waals surface area contributed by atoms with Gasteiger partial charge in [0.15, 0.2) is 5.78 Å². The van der Waals surface area contributed by atoms with Gasteiger partial charge in [-0.25, -0.2) is 0 Å². The maximum absolute atomic E-state index is 11.4. The lowest BCUT2D eigenvalue weighted by atomic mass is 10.0. The molecule has 0 aromatic heterocycles. The summed E-state index contributed by atoms with van der Waals surface area (Å²) >= 11 is 2.95. The van der Waals surface area contributed by atoms with E-state index in [-0.39, 0.29) is 33.6 Å². The Hall–Kier alpha value is -1.94.